The summed E-state index contributed by atoms with van der Waals surface area (Å²) in [6.45, 7) is 1.19. The smallest absolute Gasteiger partial charge is 0.0351 e. The maximum Gasteiger partial charge on any atom is 0.0351 e. The predicted octanol–water partition coefficient (Wildman–Crippen LogP) is -0.412. The molecular formula is C4H15ClN2O. The Morgan fingerprint density at radius 1 is 1.12 bits per heavy atom. The lowest BCUT2D eigenvalue weighted by Crippen LogP contribution is -2.11. The van der Waals surface area contributed by atoms with E-state index >= 15 is 0 Å². The maximum absolute atomic E-state index is 4.90. The average Bonchev–Trinajstić information content (AvgIpc) is 1.69. The van der Waals surface area contributed by atoms with Crippen LogP contribution in [0.3, 0.4) is 0 Å². The minimum Gasteiger partial charge on any atom is -0.388 e. The maximum atomic E-state index is 4.90. The zero-order valence-corrected chi connectivity index (χ0v) is 6.20. The van der Waals surface area contributed by atoms with Gasteiger partial charge in [0.2, 0.25) is 0 Å². The molecule has 0 aromatic carbocycles. The summed E-state index contributed by atoms with van der Waals surface area (Å²) in [7, 11) is 3.25. The molecular weight excluding hydrogens is 128 g/mol. The monoisotopic (exact) mass is 142 g/mol. The van der Waals surface area contributed by atoms with E-state index in [-0.39, 0.29) is 12.4 Å². The number of nitrogens with two attached hydrogens (primary N) is 2. The Hall–Kier alpha value is 0.170. The van der Waals surface area contributed by atoms with Crippen LogP contribution < -0.4 is 11.5 Å². The van der Waals surface area contributed by atoms with Crippen LogP contribution in [-0.4, -0.2) is 27.3 Å². The molecule has 0 rings (SSSR count). The molecule has 8 heavy (non-hydrogen) atoms. The van der Waals surface area contributed by atoms with E-state index in [1.807, 2.05) is 0 Å². The summed E-state index contributed by atoms with van der Waals surface area (Å²) in [5.74, 6) is 0. The van der Waals surface area contributed by atoms with E-state index in [2.05, 4.69) is 4.74 Å². The summed E-state index contributed by atoms with van der Waals surface area (Å²) >= 11 is 0. The van der Waals surface area contributed by atoms with Crippen LogP contribution in [-0.2, 0) is 4.74 Å². The van der Waals surface area contributed by atoms with E-state index in [1.54, 1.807) is 14.2 Å². The highest BCUT2D eigenvalue weighted by molar-refractivity contribution is 5.85. The van der Waals surface area contributed by atoms with E-state index in [4.69, 9.17) is 11.5 Å². The lowest BCUT2D eigenvalue weighted by atomic mass is 10.7. The number of rotatable bonds is 1. The molecule has 0 saturated carbocycles. The Balaban J connectivity index is -0.0000000575. The third kappa shape index (κ3) is 120. The summed E-state index contributed by atoms with van der Waals surface area (Å²) in [5, 5.41) is 0. The molecule has 0 amide bonds. The van der Waals surface area contributed by atoms with Crippen LogP contribution in [0.4, 0.5) is 0 Å². The number of hydrogen-bond donors (Lipinski definition) is 2. The van der Waals surface area contributed by atoms with Crippen molar-refractivity contribution in [3.05, 3.63) is 0 Å². The molecule has 4 N–H and O–H groups in total. The van der Waals surface area contributed by atoms with Crippen LogP contribution in [0.25, 0.3) is 0 Å². The van der Waals surface area contributed by atoms with Gasteiger partial charge in [-0.25, -0.2) is 0 Å². The minimum absolute atomic E-state index is 0. The second kappa shape index (κ2) is 27.2. The summed E-state index contributed by atoms with van der Waals surface area (Å²) in [6, 6.07) is 0. The van der Waals surface area contributed by atoms with Gasteiger partial charge in [-0.1, -0.05) is 0 Å². The Morgan fingerprint density at radius 3 is 1.25 bits per heavy atom. The van der Waals surface area contributed by atoms with E-state index in [9.17, 15) is 0 Å². The first-order valence-corrected chi connectivity index (χ1v) is 2.13. The van der Waals surface area contributed by atoms with Crippen molar-refractivity contribution < 1.29 is 4.74 Å². The van der Waals surface area contributed by atoms with E-state index in [0.29, 0.717) is 13.1 Å². The second-order valence-corrected chi connectivity index (χ2v) is 0.986. The van der Waals surface area contributed by atoms with Crippen molar-refractivity contribution in [1.82, 2.24) is 0 Å². The molecule has 4 heteroatoms. The quantitative estimate of drug-likeness (QED) is 0.523. The number of halogens is 1. The number of methoxy groups -OCH3 is 1. The average molecular weight is 143 g/mol. The first-order valence-electron chi connectivity index (χ1n) is 2.13. The van der Waals surface area contributed by atoms with E-state index in [1.165, 1.54) is 0 Å². The number of hydrogen-bond acceptors (Lipinski definition) is 3. The predicted molar refractivity (Wildman–Crippen MR) is 38.3 cm³/mol. The zero-order chi connectivity index (χ0) is 6.12. The molecule has 0 aromatic rings. The highest BCUT2D eigenvalue weighted by Gasteiger charge is 1.54. The molecule has 0 fully saturated rings. The molecule has 3 nitrogen and oxygen atoms in total. The molecule has 0 aromatic heterocycles. The lowest BCUT2D eigenvalue weighted by Gasteiger charge is -1.72. The minimum atomic E-state index is 0. The molecule has 0 aliphatic carbocycles. The van der Waals surface area contributed by atoms with Gasteiger partial charge in [-0.3, -0.25) is 0 Å². The van der Waals surface area contributed by atoms with Gasteiger partial charge in [0.1, 0.15) is 0 Å². The third-order valence-electron chi connectivity index (χ3n) is 0.167. The molecule has 0 aliphatic rings. The van der Waals surface area contributed by atoms with Gasteiger partial charge in [0.05, 0.1) is 0 Å². The van der Waals surface area contributed by atoms with Gasteiger partial charge in [0.25, 0.3) is 0 Å². The first kappa shape index (κ1) is 15.7. The molecule has 0 aliphatic heterocycles. The molecule has 54 valence electrons. The van der Waals surface area contributed by atoms with Crippen LogP contribution in [0.5, 0.6) is 0 Å². The first-order chi connectivity index (χ1) is 3.33. The van der Waals surface area contributed by atoms with Crippen molar-refractivity contribution in [2.45, 2.75) is 0 Å². The summed E-state index contributed by atoms with van der Waals surface area (Å²) in [6.07, 6.45) is 0. The molecule has 0 spiro atoms. The third-order valence-corrected chi connectivity index (χ3v) is 0.167. The largest absolute Gasteiger partial charge is 0.388 e. The van der Waals surface area contributed by atoms with E-state index < -0.39 is 0 Å². The Labute approximate surface area is 56.8 Å². The fraction of sp³-hybridized carbons (Fsp3) is 1.00. The van der Waals surface area contributed by atoms with Crippen LogP contribution in [0.15, 0.2) is 0 Å². The number of ether oxygens (including phenoxy) is 1. The Bertz CT molecular complexity index is 21.5. The van der Waals surface area contributed by atoms with Gasteiger partial charge in [-0.2, -0.15) is 0 Å². The Kier molecular flexibility index (Phi) is 53.4. The molecule has 0 unspecified atom stereocenters. The molecule has 0 atom stereocenters. The topological polar surface area (TPSA) is 61.3 Å². The fourth-order valence-electron chi connectivity index (χ4n) is 0. The fourth-order valence-corrected chi connectivity index (χ4v) is 0. The molecule has 0 bridgehead atoms. The van der Waals surface area contributed by atoms with Crippen LogP contribution >= 0.6 is 12.4 Å². The van der Waals surface area contributed by atoms with Gasteiger partial charge in [-0.05, 0) is 0 Å². The normalized spacial score (nSPS) is 6.00. The Morgan fingerprint density at radius 2 is 1.25 bits per heavy atom. The van der Waals surface area contributed by atoms with Crippen molar-refractivity contribution in [3.63, 3.8) is 0 Å². The highest BCUT2D eigenvalue weighted by Crippen LogP contribution is 1.28. The van der Waals surface area contributed by atoms with Crippen LogP contribution in [0, 0.1) is 0 Å². The van der Waals surface area contributed by atoms with Gasteiger partial charge in [-0.15, -0.1) is 12.4 Å². The van der Waals surface area contributed by atoms with E-state index in [0.717, 1.165) is 0 Å². The standard InChI is InChI=1S/C2H8N2.C2H6O.ClH/c3-1-2-4;1-3-2;/h1-4H2;1-2H3;1H. The molecule has 0 saturated heterocycles. The lowest BCUT2D eigenvalue weighted by molar-refractivity contribution is 0.277. The molecule has 0 heterocycles. The van der Waals surface area contributed by atoms with Gasteiger partial charge >= 0.3 is 0 Å². The van der Waals surface area contributed by atoms with Crippen molar-refractivity contribution in [2.75, 3.05) is 27.3 Å². The highest BCUT2D eigenvalue weighted by atomic mass is 35.5. The van der Waals surface area contributed by atoms with Crippen molar-refractivity contribution >= 4 is 12.4 Å². The zero-order valence-electron chi connectivity index (χ0n) is 5.39. The van der Waals surface area contributed by atoms with Crippen molar-refractivity contribution in [3.8, 4) is 0 Å². The van der Waals surface area contributed by atoms with Gasteiger partial charge in [0, 0.05) is 27.3 Å². The summed E-state index contributed by atoms with van der Waals surface area (Å²) in [4.78, 5) is 0. The second-order valence-electron chi connectivity index (χ2n) is 0.986. The van der Waals surface area contributed by atoms with Gasteiger partial charge in [0.15, 0.2) is 0 Å². The summed E-state index contributed by atoms with van der Waals surface area (Å²) < 4.78 is 4.25. The molecule has 0 radical (unpaired) electrons. The van der Waals surface area contributed by atoms with Crippen molar-refractivity contribution in [1.29, 1.82) is 0 Å². The van der Waals surface area contributed by atoms with Crippen molar-refractivity contribution in [2.24, 2.45) is 11.5 Å². The van der Waals surface area contributed by atoms with Crippen LogP contribution in [0.2, 0.25) is 0 Å². The summed E-state index contributed by atoms with van der Waals surface area (Å²) in [5.41, 5.74) is 9.81. The SMILES string of the molecule is COC.Cl.NCCN. The van der Waals surface area contributed by atoms with Crippen LogP contribution in [0.1, 0.15) is 0 Å². The van der Waals surface area contributed by atoms with Gasteiger partial charge < -0.3 is 16.2 Å².